The fourth-order valence-corrected chi connectivity index (χ4v) is 3.68. The second kappa shape index (κ2) is 6.96. The number of halogens is 2. The number of benzene rings is 1. The van der Waals surface area contributed by atoms with Crippen LogP contribution in [0.3, 0.4) is 0 Å². The van der Waals surface area contributed by atoms with Crippen molar-refractivity contribution in [1.82, 2.24) is 14.3 Å². The smallest absolute Gasteiger partial charge is 0.319 e. The maximum Gasteiger partial charge on any atom is 0.319 e. The molecule has 130 valence electrons. The van der Waals surface area contributed by atoms with Gasteiger partial charge >= 0.3 is 6.55 Å². The summed E-state index contributed by atoms with van der Waals surface area (Å²) in [4.78, 5) is 3.74. The quantitative estimate of drug-likeness (QED) is 0.858. The van der Waals surface area contributed by atoms with Gasteiger partial charge in [-0.3, -0.25) is 4.57 Å². The molecule has 0 unspecified atom stereocenters. The number of hydrogen-bond donors (Lipinski definition) is 1. The highest BCUT2D eigenvalue weighted by molar-refractivity contribution is 7.88. The van der Waals surface area contributed by atoms with Gasteiger partial charge in [-0.2, -0.15) is 8.78 Å². The molecule has 0 radical (unpaired) electrons. The highest BCUT2D eigenvalue weighted by Crippen LogP contribution is 2.19. The Morgan fingerprint density at radius 1 is 1.33 bits per heavy atom. The number of nitrogens with zero attached hydrogens (tertiary/aromatic N) is 2. The summed E-state index contributed by atoms with van der Waals surface area (Å²) in [7, 11) is -3.67. The van der Waals surface area contributed by atoms with Crippen LogP contribution in [0.25, 0.3) is 0 Å². The van der Waals surface area contributed by atoms with Gasteiger partial charge in [0, 0.05) is 12.4 Å². The van der Waals surface area contributed by atoms with Crippen LogP contribution < -0.4 is 4.72 Å². The van der Waals surface area contributed by atoms with E-state index in [2.05, 4.69) is 9.71 Å². The Morgan fingerprint density at radius 2 is 2.17 bits per heavy atom. The molecule has 0 fully saturated rings. The SMILES string of the molecule is O=S(=O)(Cc1ccc2c(c1)COCC2)NCc1nccn1C(F)F. The number of nitrogens with one attached hydrogen (secondary N) is 1. The minimum absolute atomic E-state index is 0.0348. The average Bonchev–Trinajstić information content (AvgIpc) is 3.01. The van der Waals surface area contributed by atoms with Crippen LogP contribution in [0.1, 0.15) is 29.1 Å². The Bertz CT molecular complexity index is 821. The Kier molecular flexibility index (Phi) is 4.93. The minimum Gasteiger partial charge on any atom is -0.376 e. The van der Waals surface area contributed by atoms with Crippen molar-refractivity contribution in [3.8, 4) is 0 Å². The fraction of sp³-hybridized carbons (Fsp3) is 0.400. The van der Waals surface area contributed by atoms with E-state index in [-0.39, 0.29) is 18.1 Å². The summed E-state index contributed by atoms with van der Waals surface area (Å²) in [6.07, 6.45) is 3.13. The molecule has 0 spiro atoms. The normalized spacial score (nSPS) is 14.8. The molecule has 1 N–H and O–H groups in total. The lowest BCUT2D eigenvalue weighted by Gasteiger charge is -2.17. The van der Waals surface area contributed by atoms with E-state index in [1.54, 1.807) is 6.07 Å². The molecule has 1 aliphatic rings. The van der Waals surface area contributed by atoms with E-state index < -0.39 is 16.6 Å². The fourth-order valence-electron chi connectivity index (χ4n) is 2.62. The Balaban J connectivity index is 1.67. The number of sulfonamides is 1. The predicted molar refractivity (Wildman–Crippen MR) is 82.7 cm³/mol. The molecule has 1 aromatic heterocycles. The molecule has 0 atom stereocenters. The van der Waals surface area contributed by atoms with Crippen molar-refractivity contribution in [3.05, 3.63) is 53.1 Å². The number of alkyl halides is 2. The third-order valence-corrected chi connectivity index (χ3v) is 5.11. The van der Waals surface area contributed by atoms with Gasteiger partial charge in [0.1, 0.15) is 5.82 Å². The monoisotopic (exact) mass is 357 g/mol. The van der Waals surface area contributed by atoms with E-state index in [4.69, 9.17) is 4.74 Å². The van der Waals surface area contributed by atoms with Crippen molar-refractivity contribution in [2.24, 2.45) is 0 Å². The van der Waals surface area contributed by atoms with Crippen molar-refractivity contribution in [3.63, 3.8) is 0 Å². The van der Waals surface area contributed by atoms with E-state index in [1.807, 2.05) is 12.1 Å². The summed E-state index contributed by atoms with van der Waals surface area (Å²) in [6.45, 7) is -1.90. The van der Waals surface area contributed by atoms with Crippen LogP contribution >= 0.6 is 0 Å². The summed E-state index contributed by atoms with van der Waals surface area (Å²) in [5.74, 6) is -0.261. The number of aromatic nitrogens is 2. The van der Waals surface area contributed by atoms with Crippen LogP contribution in [-0.2, 0) is 40.1 Å². The molecule has 6 nitrogen and oxygen atoms in total. The van der Waals surface area contributed by atoms with Crippen LogP contribution in [-0.4, -0.2) is 24.6 Å². The molecule has 2 heterocycles. The molecule has 0 aliphatic carbocycles. The van der Waals surface area contributed by atoms with E-state index in [0.717, 1.165) is 23.7 Å². The van der Waals surface area contributed by atoms with E-state index in [1.165, 1.54) is 6.20 Å². The molecule has 0 amide bonds. The largest absolute Gasteiger partial charge is 0.376 e. The van der Waals surface area contributed by atoms with Crippen LogP contribution in [0, 0.1) is 0 Å². The molecular weight excluding hydrogens is 340 g/mol. The molecule has 1 aromatic carbocycles. The number of fused-ring (bicyclic) bond motifs is 1. The zero-order valence-electron chi connectivity index (χ0n) is 12.8. The van der Waals surface area contributed by atoms with Crippen molar-refractivity contribution >= 4 is 10.0 Å². The molecule has 9 heteroatoms. The first-order valence-electron chi connectivity index (χ1n) is 7.40. The molecular formula is C15H17F2N3O3S. The van der Waals surface area contributed by atoms with Crippen LogP contribution in [0.4, 0.5) is 8.78 Å². The number of imidazole rings is 1. The van der Waals surface area contributed by atoms with Gasteiger partial charge in [0.15, 0.2) is 0 Å². The summed E-state index contributed by atoms with van der Waals surface area (Å²) >= 11 is 0. The van der Waals surface area contributed by atoms with Gasteiger partial charge in [-0.25, -0.2) is 18.1 Å². The average molecular weight is 357 g/mol. The van der Waals surface area contributed by atoms with Gasteiger partial charge in [0.25, 0.3) is 0 Å². The van der Waals surface area contributed by atoms with Crippen molar-refractivity contribution < 1.29 is 21.9 Å². The number of ether oxygens (including phenoxy) is 1. The summed E-state index contributed by atoms with van der Waals surface area (Å²) < 4.78 is 58.1. The molecule has 0 saturated heterocycles. The topological polar surface area (TPSA) is 73.2 Å². The van der Waals surface area contributed by atoms with Crippen molar-refractivity contribution in [2.45, 2.75) is 31.9 Å². The highest BCUT2D eigenvalue weighted by Gasteiger charge is 2.17. The predicted octanol–water partition coefficient (Wildman–Crippen LogP) is 1.97. The maximum atomic E-state index is 12.7. The molecule has 2 aromatic rings. The van der Waals surface area contributed by atoms with E-state index in [0.29, 0.717) is 23.3 Å². The van der Waals surface area contributed by atoms with Gasteiger partial charge in [-0.05, 0) is 23.1 Å². The Morgan fingerprint density at radius 3 is 2.96 bits per heavy atom. The molecule has 0 saturated carbocycles. The first-order chi connectivity index (χ1) is 11.4. The van der Waals surface area contributed by atoms with Gasteiger partial charge in [-0.15, -0.1) is 0 Å². The first kappa shape index (κ1) is 17.0. The van der Waals surface area contributed by atoms with Crippen LogP contribution in [0.5, 0.6) is 0 Å². The zero-order chi connectivity index (χ0) is 17.2. The third kappa shape index (κ3) is 3.97. The highest BCUT2D eigenvalue weighted by atomic mass is 32.2. The van der Waals surface area contributed by atoms with Gasteiger partial charge in [0.05, 0.1) is 25.5 Å². The molecule has 3 rings (SSSR count). The summed E-state index contributed by atoms with van der Waals surface area (Å²) in [5, 5.41) is 0. The second-order valence-electron chi connectivity index (χ2n) is 5.51. The van der Waals surface area contributed by atoms with Crippen LogP contribution in [0.15, 0.2) is 30.6 Å². The number of rotatable bonds is 6. The zero-order valence-corrected chi connectivity index (χ0v) is 13.6. The summed E-state index contributed by atoms with van der Waals surface area (Å²) in [5.41, 5.74) is 2.78. The lowest BCUT2D eigenvalue weighted by Crippen LogP contribution is -2.26. The first-order valence-corrected chi connectivity index (χ1v) is 9.05. The van der Waals surface area contributed by atoms with Crippen LogP contribution in [0.2, 0.25) is 0 Å². The van der Waals surface area contributed by atoms with Gasteiger partial charge in [0.2, 0.25) is 10.0 Å². The van der Waals surface area contributed by atoms with Gasteiger partial charge in [-0.1, -0.05) is 18.2 Å². The molecule has 0 bridgehead atoms. The Labute approximate surface area is 138 Å². The lowest BCUT2D eigenvalue weighted by molar-refractivity contribution is 0.0669. The molecule has 1 aliphatic heterocycles. The Hall–Kier alpha value is -1.84. The standard InChI is InChI=1S/C15H17F2N3O3S/c16-15(17)20-5-4-18-14(20)8-19-24(21,22)10-11-1-2-12-3-6-23-9-13(12)7-11/h1-2,4-5,7,15,19H,3,6,8-10H2. The van der Waals surface area contributed by atoms with E-state index in [9.17, 15) is 17.2 Å². The maximum absolute atomic E-state index is 12.7. The number of hydrogen-bond acceptors (Lipinski definition) is 4. The third-order valence-electron chi connectivity index (χ3n) is 3.81. The second-order valence-corrected chi connectivity index (χ2v) is 7.32. The summed E-state index contributed by atoms with van der Waals surface area (Å²) in [6, 6.07) is 5.49. The molecule has 24 heavy (non-hydrogen) atoms. The van der Waals surface area contributed by atoms with Crippen molar-refractivity contribution in [1.29, 1.82) is 0 Å². The lowest BCUT2D eigenvalue weighted by atomic mass is 10.0. The van der Waals surface area contributed by atoms with E-state index >= 15 is 0 Å². The van der Waals surface area contributed by atoms with Crippen molar-refractivity contribution in [2.75, 3.05) is 6.61 Å². The van der Waals surface area contributed by atoms with Gasteiger partial charge < -0.3 is 4.74 Å². The minimum atomic E-state index is -3.67.